The Morgan fingerprint density at radius 2 is 1.35 bits per heavy atom. The van der Waals surface area contributed by atoms with Gasteiger partial charge in [0.1, 0.15) is 5.60 Å². The molecule has 1 aliphatic rings. The van der Waals surface area contributed by atoms with Crippen LogP contribution in [0.2, 0.25) is 0 Å². The number of carbonyl (C=O) groups is 1. The van der Waals surface area contributed by atoms with Gasteiger partial charge in [0.25, 0.3) is 15.8 Å². The van der Waals surface area contributed by atoms with Crippen LogP contribution in [0.5, 0.6) is 0 Å². The molecule has 254 valence electrons. The van der Waals surface area contributed by atoms with E-state index in [9.17, 15) is 18.0 Å². The number of hydrogen-bond acceptors (Lipinski definition) is 7. The highest BCUT2D eigenvalue weighted by Crippen LogP contribution is 2.28. The number of piperazine rings is 1. The molecule has 2 heterocycles. The lowest BCUT2D eigenvalue weighted by atomic mass is 9.97. The van der Waals surface area contributed by atoms with Crippen LogP contribution in [0.1, 0.15) is 68.4 Å². The smallest absolute Gasteiger partial charge is 0.308 e. The summed E-state index contributed by atoms with van der Waals surface area (Å²) >= 11 is 0. The minimum absolute atomic E-state index is 0.0276. The van der Waals surface area contributed by atoms with E-state index in [1.54, 1.807) is 6.20 Å². The van der Waals surface area contributed by atoms with Crippen LogP contribution >= 0.6 is 0 Å². The number of rotatable bonds is 7. The Bertz CT molecular complexity index is 1530. The first-order chi connectivity index (χ1) is 21.4. The summed E-state index contributed by atoms with van der Waals surface area (Å²) in [5, 5.41) is 4.34. The Morgan fingerprint density at radius 3 is 1.76 bits per heavy atom. The van der Waals surface area contributed by atoms with Crippen molar-refractivity contribution in [1.82, 2.24) is 23.7 Å². The van der Waals surface area contributed by atoms with Crippen molar-refractivity contribution in [3.8, 4) is 22.3 Å². The predicted molar refractivity (Wildman–Crippen MR) is 187 cm³/mol. The second-order valence-electron chi connectivity index (χ2n) is 13.2. The van der Waals surface area contributed by atoms with Gasteiger partial charge in [-0.05, 0) is 66.6 Å². The van der Waals surface area contributed by atoms with Gasteiger partial charge < -0.3 is 9.64 Å². The fourth-order valence-corrected chi connectivity index (χ4v) is 5.76. The third-order valence-corrected chi connectivity index (χ3v) is 8.52. The Morgan fingerprint density at radius 1 is 0.848 bits per heavy atom. The summed E-state index contributed by atoms with van der Waals surface area (Å²) < 4.78 is 34.1. The lowest BCUT2D eigenvalue weighted by molar-refractivity contribution is -0.158. The van der Waals surface area contributed by atoms with E-state index >= 15 is 0 Å². The molecule has 10 nitrogen and oxygen atoms in total. The lowest BCUT2D eigenvalue weighted by Gasteiger charge is -2.31. The van der Waals surface area contributed by atoms with Crippen molar-refractivity contribution in [3.63, 3.8) is 0 Å². The zero-order valence-corrected chi connectivity index (χ0v) is 30.0. The fraction of sp³-hybridized carbons (Fsp3) is 0.514. The number of ether oxygens (including phenoxy) is 1. The number of carbonyl (C=O) groups excluding carboxylic acids is 1. The van der Waals surface area contributed by atoms with Crippen LogP contribution < -0.4 is 10.3 Å². The largest absolute Gasteiger partial charge is 0.460 e. The molecule has 0 amide bonds. The molecular weight excluding hydrogens is 602 g/mol. The van der Waals surface area contributed by atoms with Gasteiger partial charge in [-0.3, -0.25) is 9.59 Å². The topological polar surface area (TPSA) is 114 Å². The van der Waals surface area contributed by atoms with Gasteiger partial charge in [-0.15, -0.1) is 0 Å². The van der Waals surface area contributed by atoms with Crippen molar-refractivity contribution in [1.29, 1.82) is 0 Å². The SMILES string of the molecule is CC(C)C(=O)OC(C)(C)C.CC(C)NS(=O)(=O)N1CCN(C)CC1.CC(C)n1ncc(-c2ccccc2)c(-c2ccccc2)c1=O. The van der Waals surface area contributed by atoms with Crippen molar-refractivity contribution in [2.24, 2.45) is 5.92 Å². The minimum Gasteiger partial charge on any atom is -0.460 e. The van der Waals surface area contributed by atoms with Crippen LogP contribution in [-0.4, -0.2) is 78.2 Å². The van der Waals surface area contributed by atoms with Crippen LogP contribution in [0.4, 0.5) is 0 Å². The molecule has 1 aliphatic heterocycles. The molecule has 1 saturated heterocycles. The maximum absolute atomic E-state index is 12.9. The van der Waals surface area contributed by atoms with Gasteiger partial charge in [0, 0.05) is 37.8 Å². The predicted octanol–water partition coefficient (Wildman–Crippen LogP) is 5.62. The fourth-order valence-electron chi connectivity index (χ4n) is 4.38. The molecule has 2 aromatic carbocycles. The van der Waals surface area contributed by atoms with Gasteiger partial charge in [-0.25, -0.2) is 4.68 Å². The van der Waals surface area contributed by atoms with Crippen LogP contribution in [0.3, 0.4) is 0 Å². The molecular formula is C35H53N5O5S. The highest BCUT2D eigenvalue weighted by molar-refractivity contribution is 7.87. The molecule has 0 spiro atoms. The van der Waals surface area contributed by atoms with E-state index in [4.69, 9.17) is 4.74 Å². The molecule has 1 aromatic heterocycles. The Labute approximate surface area is 276 Å². The van der Waals surface area contributed by atoms with Crippen molar-refractivity contribution >= 4 is 16.2 Å². The van der Waals surface area contributed by atoms with E-state index in [1.165, 1.54) is 8.99 Å². The average Bonchev–Trinajstić information content (AvgIpc) is 2.97. The third-order valence-electron chi connectivity index (χ3n) is 6.70. The summed E-state index contributed by atoms with van der Waals surface area (Å²) in [5.41, 5.74) is 3.10. The van der Waals surface area contributed by atoms with Crippen LogP contribution in [-0.2, 0) is 19.7 Å². The zero-order valence-electron chi connectivity index (χ0n) is 29.1. The van der Waals surface area contributed by atoms with Crippen molar-refractivity contribution in [3.05, 3.63) is 77.2 Å². The molecule has 0 atom stereocenters. The van der Waals surface area contributed by atoms with Crippen molar-refractivity contribution in [2.45, 2.75) is 80.0 Å². The molecule has 1 fully saturated rings. The van der Waals surface area contributed by atoms with Crippen molar-refractivity contribution < 1.29 is 17.9 Å². The Balaban J connectivity index is 0.000000264. The number of nitrogens with zero attached hydrogens (tertiary/aromatic N) is 4. The maximum atomic E-state index is 12.9. The van der Waals surface area contributed by atoms with Gasteiger partial charge in [0.15, 0.2) is 0 Å². The van der Waals surface area contributed by atoms with Crippen LogP contribution in [0.25, 0.3) is 22.3 Å². The maximum Gasteiger partial charge on any atom is 0.308 e. The normalized spacial score (nSPS) is 14.4. The summed E-state index contributed by atoms with van der Waals surface area (Å²) in [7, 11) is -1.25. The molecule has 4 rings (SSSR count). The standard InChI is InChI=1S/C19H18N2O.C8H19N3O2S.C8H16O2/c1-14(2)21-19(22)18(16-11-7-4-8-12-16)17(13-20-21)15-9-5-3-6-10-15;1-8(2)9-14(12,13)11-6-4-10(3)5-7-11;1-6(2)7(9)10-8(3,4)5/h3-14H,1-2H3;8-9H,4-7H2,1-3H3;6H,1-5H3. The summed E-state index contributed by atoms with van der Waals surface area (Å²) in [6.45, 7) is 19.6. The summed E-state index contributed by atoms with van der Waals surface area (Å²) in [6, 6.07) is 19.7. The number of benzene rings is 2. The molecule has 0 saturated carbocycles. The van der Waals surface area contributed by atoms with Gasteiger partial charge in [0.05, 0.1) is 23.7 Å². The van der Waals surface area contributed by atoms with Gasteiger partial charge in [-0.1, -0.05) is 74.5 Å². The molecule has 46 heavy (non-hydrogen) atoms. The van der Waals surface area contributed by atoms with E-state index in [2.05, 4.69) is 14.7 Å². The van der Waals surface area contributed by atoms with Crippen LogP contribution in [0, 0.1) is 5.92 Å². The minimum atomic E-state index is -3.25. The first kappa shape index (κ1) is 38.8. The summed E-state index contributed by atoms with van der Waals surface area (Å²) in [4.78, 5) is 26.0. The average molecular weight is 656 g/mol. The summed E-state index contributed by atoms with van der Waals surface area (Å²) in [6.07, 6.45) is 1.79. The number of likely N-dealkylation sites (N-methyl/N-ethyl adjacent to an activating group) is 1. The Kier molecular flexibility index (Phi) is 14.8. The number of aromatic nitrogens is 2. The van der Waals surface area contributed by atoms with Crippen LogP contribution in [0.15, 0.2) is 71.7 Å². The van der Waals surface area contributed by atoms with E-state index < -0.39 is 10.2 Å². The molecule has 3 aromatic rings. The molecule has 0 bridgehead atoms. The number of esters is 1. The second-order valence-corrected chi connectivity index (χ2v) is 14.9. The number of hydrogen-bond donors (Lipinski definition) is 1. The monoisotopic (exact) mass is 655 g/mol. The highest BCUT2D eigenvalue weighted by Gasteiger charge is 2.25. The molecule has 0 aliphatic carbocycles. The number of nitrogens with one attached hydrogen (secondary N) is 1. The molecule has 1 N–H and O–H groups in total. The quantitative estimate of drug-likeness (QED) is 0.329. The van der Waals surface area contributed by atoms with E-state index in [0.717, 1.165) is 29.8 Å². The molecule has 11 heteroatoms. The molecule has 0 radical (unpaired) electrons. The van der Waals surface area contributed by atoms with E-state index in [1.807, 2.05) is 130 Å². The Hall–Kier alpha value is -3.38. The highest BCUT2D eigenvalue weighted by atomic mass is 32.2. The molecule has 0 unspecified atom stereocenters. The van der Waals surface area contributed by atoms with Gasteiger partial charge in [0.2, 0.25) is 0 Å². The third kappa shape index (κ3) is 12.4. The lowest BCUT2D eigenvalue weighted by Crippen LogP contribution is -2.52. The first-order valence-electron chi connectivity index (χ1n) is 15.8. The second kappa shape index (κ2) is 17.5. The van der Waals surface area contributed by atoms with Gasteiger partial charge >= 0.3 is 5.97 Å². The summed E-state index contributed by atoms with van der Waals surface area (Å²) in [5.74, 6) is -0.160. The van der Waals surface area contributed by atoms with E-state index in [-0.39, 0.29) is 35.1 Å². The van der Waals surface area contributed by atoms with Gasteiger partial charge in [-0.2, -0.15) is 22.5 Å². The first-order valence-corrected chi connectivity index (χ1v) is 17.3. The van der Waals surface area contributed by atoms with Crippen molar-refractivity contribution in [2.75, 3.05) is 33.2 Å². The van der Waals surface area contributed by atoms with E-state index in [0.29, 0.717) is 18.7 Å². The zero-order chi connectivity index (χ0) is 34.7.